The number of nitrogens with two attached hydrogens (primary N) is 2. The first-order chi connectivity index (χ1) is 11.6. The molecule has 1 fully saturated rings. The molecule has 5 heteroatoms. The van der Waals surface area contributed by atoms with E-state index in [1.807, 2.05) is 13.0 Å². The second-order valence-electron chi connectivity index (χ2n) is 6.31. The van der Waals surface area contributed by atoms with Gasteiger partial charge in [-0.2, -0.15) is 0 Å². The SMILES string of the molecule is C/C(N)=C/C(CCCOCC1CCCN1)=C(\N)c1ccc(F)cc1. The van der Waals surface area contributed by atoms with Crippen molar-refractivity contribution in [1.82, 2.24) is 5.32 Å². The lowest BCUT2D eigenvalue weighted by Crippen LogP contribution is -2.26. The van der Waals surface area contributed by atoms with Gasteiger partial charge < -0.3 is 21.5 Å². The number of allylic oxidation sites excluding steroid dienone is 3. The number of benzene rings is 1. The van der Waals surface area contributed by atoms with Gasteiger partial charge in [-0.1, -0.05) is 0 Å². The molecule has 5 N–H and O–H groups in total. The van der Waals surface area contributed by atoms with Crippen LogP contribution >= 0.6 is 0 Å². The van der Waals surface area contributed by atoms with Crippen LogP contribution in [0.3, 0.4) is 0 Å². The predicted octanol–water partition coefficient (Wildman–Crippen LogP) is 2.91. The molecule has 0 amide bonds. The molecular weight excluding hydrogens is 305 g/mol. The van der Waals surface area contributed by atoms with Crippen molar-refractivity contribution < 1.29 is 9.13 Å². The maximum absolute atomic E-state index is 13.1. The normalized spacial score (nSPS) is 19.4. The van der Waals surface area contributed by atoms with E-state index in [0.717, 1.165) is 37.1 Å². The summed E-state index contributed by atoms with van der Waals surface area (Å²) in [5.74, 6) is -0.271. The van der Waals surface area contributed by atoms with E-state index < -0.39 is 0 Å². The number of halogens is 1. The summed E-state index contributed by atoms with van der Waals surface area (Å²) in [5.41, 5.74) is 15.2. The average molecular weight is 333 g/mol. The summed E-state index contributed by atoms with van der Waals surface area (Å²) < 4.78 is 18.8. The van der Waals surface area contributed by atoms with Gasteiger partial charge in [0.25, 0.3) is 0 Å². The molecule has 1 aromatic rings. The molecule has 1 aliphatic rings. The molecule has 0 spiro atoms. The summed E-state index contributed by atoms with van der Waals surface area (Å²) in [4.78, 5) is 0. The lowest BCUT2D eigenvalue weighted by molar-refractivity contribution is 0.114. The second kappa shape index (κ2) is 9.45. The average Bonchev–Trinajstić information content (AvgIpc) is 3.06. The highest BCUT2D eigenvalue weighted by atomic mass is 19.1. The van der Waals surface area contributed by atoms with Crippen LogP contribution in [-0.2, 0) is 4.74 Å². The second-order valence-corrected chi connectivity index (χ2v) is 6.31. The summed E-state index contributed by atoms with van der Waals surface area (Å²) in [5, 5.41) is 3.42. The largest absolute Gasteiger partial charge is 0.402 e. The molecule has 0 aromatic heterocycles. The Bertz CT molecular complexity index is 571. The first-order valence-electron chi connectivity index (χ1n) is 8.55. The third-order valence-electron chi connectivity index (χ3n) is 4.12. The molecule has 0 radical (unpaired) electrons. The standard InChI is InChI=1S/C19H28FN3O/c1-14(21)12-16(19(22)15-6-8-17(20)9-7-15)4-3-11-24-13-18-5-2-10-23-18/h6-9,12,18,23H,2-5,10-11,13,21-22H2,1H3/b14-12-,19-16-. The Morgan fingerprint density at radius 3 is 2.71 bits per heavy atom. The van der Waals surface area contributed by atoms with Gasteiger partial charge in [0.05, 0.1) is 6.61 Å². The maximum Gasteiger partial charge on any atom is 0.123 e. The molecule has 0 aliphatic carbocycles. The minimum absolute atomic E-state index is 0.271. The fourth-order valence-corrected chi connectivity index (χ4v) is 2.86. The molecule has 24 heavy (non-hydrogen) atoms. The molecule has 1 aliphatic heterocycles. The van der Waals surface area contributed by atoms with E-state index in [-0.39, 0.29) is 5.82 Å². The van der Waals surface area contributed by atoms with Gasteiger partial charge in [-0.25, -0.2) is 4.39 Å². The first-order valence-corrected chi connectivity index (χ1v) is 8.55. The summed E-state index contributed by atoms with van der Waals surface area (Å²) in [6.07, 6.45) is 5.95. The smallest absolute Gasteiger partial charge is 0.123 e. The van der Waals surface area contributed by atoms with E-state index >= 15 is 0 Å². The van der Waals surface area contributed by atoms with Crippen LogP contribution < -0.4 is 16.8 Å². The third kappa shape index (κ3) is 5.98. The van der Waals surface area contributed by atoms with Gasteiger partial charge in [0, 0.05) is 24.0 Å². The van der Waals surface area contributed by atoms with Gasteiger partial charge in [0.2, 0.25) is 0 Å². The van der Waals surface area contributed by atoms with Crippen molar-refractivity contribution in [3.05, 3.63) is 53.0 Å². The van der Waals surface area contributed by atoms with Crippen LogP contribution in [0.4, 0.5) is 4.39 Å². The molecule has 1 aromatic carbocycles. The predicted molar refractivity (Wildman–Crippen MR) is 96.5 cm³/mol. The fourth-order valence-electron chi connectivity index (χ4n) is 2.86. The number of rotatable bonds is 8. The Kier molecular flexibility index (Phi) is 7.28. The summed E-state index contributed by atoms with van der Waals surface area (Å²) in [6.45, 7) is 4.38. The van der Waals surface area contributed by atoms with Crippen LogP contribution in [0.5, 0.6) is 0 Å². The third-order valence-corrected chi connectivity index (χ3v) is 4.12. The highest BCUT2D eigenvalue weighted by Crippen LogP contribution is 2.20. The topological polar surface area (TPSA) is 73.3 Å². The monoisotopic (exact) mass is 333 g/mol. The van der Waals surface area contributed by atoms with Gasteiger partial charge in [-0.05, 0) is 80.6 Å². The van der Waals surface area contributed by atoms with E-state index in [1.165, 1.54) is 25.0 Å². The molecule has 1 unspecified atom stereocenters. The highest BCUT2D eigenvalue weighted by Gasteiger charge is 2.13. The Hall–Kier alpha value is -1.85. The van der Waals surface area contributed by atoms with Crippen LogP contribution in [0, 0.1) is 5.82 Å². The molecule has 1 heterocycles. The minimum Gasteiger partial charge on any atom is -0.402 e. The lowest BCUT2D eigenvalue weighted by Gasteiger charge is -2.12. The van der Waals surface area contributed by atoms with Crippen molar-refractivity contribution >= 4 is 5.70 Å². The number of nitrogens with one attached hydrogen (secondary N) is 1. The van der Waals surface area contributed by atoms with Crippen LogP contribution in [-0.4, -0.2) is 25.8 Å². The minimum atomic E-state index is -0.271. The van der Waals surface area contributed by atoms with Crippen molar-refractivity contribution in [2.24, 2.45) is 11.5 Å². The van der Waals surface area contributed by atoms with Crippen LogP contribution in [0.15, 0.2) is 41.6 Å². The van der Waals surface area contributed by atoms with Crippen LogP contribution in [0.25, 0.3) is 5.70 Å². The van der Waals surface area contributed by atoms with E-state index in [4.69, 9.17) is 16.2 Å². The quantitative estimate of drug-likeness (QED) is 0.505. The van der Waals surface area contributed by atoms with E-state index in [9.17, 15) is 4.39 Å². The molecule has 1 atom stereocenters. The molecule has 2 rings (SSSR count). The van der Waals surface area contributed by atoms with Crippen molar-refractivity contribution in [2.45, 2.75) is 38.6 Å². The number of ether oxygens (including phenoxy) is 1. The Labute approximate surface area is 143 Å². The van der Waals surface area contributed by atoms with Crippen molar-refractivity contribution in [3.8, 4) is 0 Å². The molecular formula is C19H28FN3O. The Balaban J connectivity index is 1.91. The molecule has 4 nitrogen and oxygen atoms in total. The Morgan fingerprint density at radius 1 is 1.33 bits per heavy atom. The lowest BCUT2D eigenvalue weighted by atomic mass is 10.0. The van der Waals surface area contributed by atoms with Crippen LogP contribution in [0.2, 0.25) is 0 Å². The molecule has 1 saturated heterocycles. The van der Waals surface area contributed by atoms with Crippen molar-refractivity contribution in [3.63, 3.8) is 0 Å². The zero-order valence-corrected chi connectivity index (χ0v) is 14.4. The van der Waals surface area contributed by atoms with Crippen molar-refractivity contribution in [2.75, 3.05) is 19.8 Å². The Morgan fingerprint density at radius 2 is 2.08 bits per heavy atom. The van der Waals surface area contributed by atoms with Gasteiger partial charge in [-0.3, -0.25) is 0 Å². The number of hydrogen-bond donors (Lipinski definition) is 3. The van der Waals surface area contributed by atoms with Gasteiger partial charge in [-0.15, -0.1) is 0 Å². The summed E-state index contributed by atoms with van der Waals surface area (Å²) >= 11 is 0. The van der Waals surface area contributed by atoms with Crippen molar-refractivity contribution in [1.29, 1.82) is 0 Å². The van der Waals surface area contributed by atoms with E-state index in [1.54, 1.807) is 12.1 Å². The zero-order chi connectivity index (χ0) is 17.4. The molecule has 132 valence electrons. The molecule has 0 bridgehead atoms. The molecule has 0 saturated carbocycles. The van der Waals surface area contributed by atoms with E-state index in [2.05, 4.69) is 5.32 Å². The number of hydrogen-bond acceptors (Lipinski definition) is 4. The fraction of sp³-hybridized carbons (Fsp3) is 0.474. The highest BCUT2D eigenvalue weighted by molar-refractivity contribution is 5.68. The van der Waals surface area contributed by atoms with Gasteiger partial charge in [0.15, 0.2) is 0 Å². The van der Waals surface area contributed by atoms with Crippen LogP contribution in [0.1, 0.15) is 38.2 Å². The zero-order valence-electron chi connectivity index (χ0n) is 14.4. The first kappa shape index (κ1) is 18.5. The summed E-state index contributed by atoms with van der Waals surface area (Å²) in [7, 11) is 0. The van der Waals surface area contributed by atoms with E-state index in [0.29, 0.717) is 24.0 Å². The maximum atomic E-state index is 13.1. The summed E-state index contributed by atoms with van der Waals surface area (Å²) in [6, 6.07) is 6.70. The van der Waals surface area contributed by atoms with Gasteiger partial charge in [0.1, 0.15) is 5.82 Å². The van der Waals surface area contributed by atoms with Gasteiger partial charge >= 0.3 is 0 Å².